The van der Waals surface area contributed by atoms with Crippen molar-refractivity contribution in [1.29, 1.82) is 0 Å². The summed E-state index contributed by atoms with van der Waals surface area (Å²) in [6, 6.07) is 20.6. The molecule has 3 aromatic rings. The van der Waals surface area contributed by atoms with Crippen LogP contribution < -0.4 is 5.43 Å². The van der Waals surface area contributed by atoms with Crippen LogP contribution in [0, 0.1) is 6.92 Å². The first kappa shape index (κ1) is 23.9. The standard InChI is InChI=1S/C23H21Cl2N3O3S/c1-17-10-12-20(13-11-17)32(30,31)28(15-18-6-3-2-4-7-18)16-22(29)27-26-14-19-8-5-9-21(24)23(19)25/h2-14H,15-16H2,1H3,(H,27,29)/b26-14-. The molecule has 1 amide bonds. The molecule has 0 fully saturated rings. The van der Waals surface area contributed by atoms with E-state index < -0.39 is 22.5 Å². The molecular weight excluding hydrogens is 469 g/mol. The van der Waals surface area contributed by atoms with Gasteiger partial charge < -0.3 is 0 Å². The number of sulfonamides is 1. The number of amides is 1. The highest BCUT2D eigenvalue weighted by Gasteiger charge is 2.26. The number of hydrogen-bond acceptors (Lipinski definition) is 4. The first-order valence-corrected chi connectivity index (χ1v) is 11.8. The highest BCUT2D eigenvalue weighted by molar-refractivity contribution is 7.89. The number of hydrogen-bond donors (Lipinski definition) is 1. The molecule has 166 valence electrons. The minimum absolute atomic E-state index is 0.0360. The summed E-state index contributed by atoms with van der Waals surface area (Å²) >= 11 is 12.1. The Labute approximate surface area is 197 Å². The Morgan fingerprint density at radius 2 is 1.69 bits per heavy atom. The highest BCUT2D eigenvalue weighted by atomic mass is 35.5. The van der Waals surface area contributed by atoms with Crippen LogP contribution in [-0.4, -0.2) is 31.4 Å². The van der Waals surface area contributed by atoms with Crippen LogP contribution in [-0.2, 0) is 21.4 Å². The van der Waals surface area contributed by atoms with Gasteiger partial charge in [0.2, 0.25) is 10.0 Å². The van der Waals surface area contributed by atoms with Gasteiger partial charge >= 0.3 is 0 Å². The summed E-state index contributed by atoms with van der Waals surface area (Å²) in [4.78, 5) is 12.6. The van der Waals surface area contributed by atoms with Crippen molar-refractivity contribution in [3.63, 3.8) is 0 Å². The second-order valence-corrected chi connectivity index (χ2v) is 9.73. The van der Waals surface area contributed by atoms with E-state index in [0.717, 1.165) is 15.4 Å². The maximum atomic E-state index is 13.2. The number of benzene rings is 3. The first-order chi connectivity index (χ1) is 15.3. The van der Waals surface area contributed by atoms with E-state index in [1.54, 1.807) is 42.5 Å². The SMILES string of the molecule is Cc1ccc(S(=O)(=O)N(CC(=O)N/N=C\c2cccc(Cl)c2Cl)Cc2ccccc2)cc1. The quantitative estimate of drug-likeness (QED) is 0.369. The third kappa shape index (κ3) is 6.17. The summed E-state index contributed by atoms with van der Waals surface area (Å²) in [7, 11) is -3.92. The van der Waals surface area contributed by atoms with E-state index in [-0.39, 0.29) is 11.4 Å². The van der Waals surface area contributed by atoms with Crippen LogP contribution in [0.5, 0.6) is 0 Å². The lowest BCUT2D eigenvalue weighted by molar-refractivity contribution is -0.121. The molecule has 1 N–H and O–H groups in total. The molecule has 0 saturated heterocycles. The Hall–Kier alpha value is -2.71. The average molecular weight is 490 g/mol. The van der Waals surface area contributed by atoms with Gasteiger partial charge in [0.15, 0.2) is 0 Å². The molecule has 3 aromatic carbocycles. The summed E-state index contributed by atoms with van der Waals surface area (Å²) in [6.07, 6.45) is 1.35. The number of aryl methyl sites for hydroxylation is 1. The highest BCUT2D eigenvalue weighted by Crippen LogP contribution is 2.24. The normalized spacial score (nSPS) is 11.8. The molecule has 0 atom stereocenters. The molecule has 32 heavy (non-hydrogen) atoms. The van der Waals surface area contributed by atoms with Crippen LogP contribution in [0.2, 0.25) is 10.0 Å². The molecule has 3 rings (SSSR count). The van der Waals surface area contributed by atoms with Gasteiger partial charge in [-0.25, -0.2) is 13.8 Å². The number of carbonyl (C=O) groups excluding carboxylic acids is 1. The largest absolute Gasteiger partial charge is 0.272 e. The molecule has 0 heterocycles. The summed E-state index contributed by atoms with van der Waals surface area (Å²) in [5, 5.41) is 4.55. The van der Waals surface area contributed by atoms with Crippen LogP contribution in [0.1, 0.15) is 16.7 Å². The summed E-state index contributed by atoms with van der Waals surface area (Å²) in [5.74, 6) is -0.592. The summed E-state index contributed by atoms with van der Waals surface area (Å²) < 4.78 is 27.6. The predicted molar refractivity (Wildman–Crippen MR) is 127 cm³/mol. The Bertz CT molecular complexity index is 1210. The van der Waals surface area contributed by atoms with Crippen molar-refractivity contribution < 1.29 is 13.2 Å². The molecular formula is C23H21Cl2N3O3S. The number of carbonyl (C=O) groups is 1. The molecule has 0 unspecified atom stereocenters. The smallest absolute Gasteiger partial charge is 0.255 e. The Kier molecular flexibility index (Phi) is 8.04. The minimum atomic E-state index is -3.92. The third-order valence-corrected chi connectivity index (χ3v) is 7.19. The zero-order chi connectivity index (χ0) is 23.1. The monoisotopic (exact) mass is 489 g/mol. The fraction of sp³-hybridized carbons (Fsp3) is 0.130. The Balaban J connectivity index is 1.78. The van der Waals surface area contributed by atoms with Crippen molar-refractivity contribution in [3.05, 3.63) is 99.5 Å². The van der Waals surface area contributed by atoms with Gasteiger partial charge in [-0.1, -0.05) is 83.4 Å². The van der Waals surface area contributed by atoms with Gasteiger partial charge in [-0.2, -0.15) is 9.41 Å². The van der Waals surface area contributed by atoms with E-state index in [0.29, 0.717) is 15.6 Å². The Morgan fingerprint density at radius 3 is 2.38 bits per heavy atom. The lowest BCUT2D eigenvalue weighted by atomic mass is 10.2. The second kappa shape index (κ2) is 10.7. The van der Waals surface area contributed by atoms with Gasteiger partial charge in [-0.05, 0) is 30.7 Å². The van der Waals surface area contributed by atoms with Gasteiger partial charge in [-0.3, -0.25) is 4.79 Å². The average Bonchev–Trinajstić information content (AvgIpc) is 2.77. The molecule has 0 radical (unpaired) electrons. The van der Waals surface area contributed by atoms with Crippen molar-refractivity contribution >= 4 is 45.3 Å². The van der Waals surface area contributed by atoms with Gasteiger partial charge in [-0.15, -0.1) is 0 Å². The maximum Gasteiger partial charge on any atom is 0.255 e. The molecule has 6 nitrogen and oxygen atoms in total. The van der Waals surface area contributed by atoms with E-state index in [2.05, 4.69) is 10.5 Å². The topological polar surface area (TPSA) is 78.8 Å². The molecule has 0 aliphatic carbocycles. The van der Waals surface area contributed by atoms with Crippen LogP contribution >= 0.6 is 23.2 Å². The minimum Gasteiger partial charge on any atom is -0.272 e. The van der Waals surface area contributed by atoms with Crippen LogP contribution in [0.25, 0.3) is 0 Å². The molecule has 9 heteroatoms. The van der Waals surface area contributed by atoms with E-state index in [1.807, 2.05) is 25.1 Å². The third-order valence-electron chi connectivity index (χ3n) is 4.55. The zero-order valence-corrected chi connectivity index (χ0v) is 19.5. The van der Waals surface area contributed by atoms with E-state index in [4.69, 9.17) is 23.2 Å². The fourth-order valence-electron chi connectivity index (χ4n) is 2.86. The van der Waals surface area contributed by atoms with Gasteiger partial charge in [0.05, 0.1) is 27.7 Å². The molecule has 0 aromatic heterocycles. The van der Waals surface area contributed by atoms with Crippen LogP contribution in [0.3, 0.4) is 0 Å². The van der Waals surface area contributed by atoms with Crippen LogP contribution in [0.15, 0.2) is 82.8 Å². The lowest BCUT2D eigenvalue weighted by Crippen LogP contribution is -2.39. The lowest BCUT2D eigenvalue weighted by Gasteiger charge is -2.21. The summed E-state index contributed by atoms with van der Waals surface area (Å²) in [5.41, 5.74) is 4.56. The number of halogens is 2. The number of rotatable bonds is 8. The van der Waals surface area contributed by atoms with Crippen molar-refractivity contribution in [2.24, 2.45) is 5.10 Å². The fourth-order valence-corrected chi connectivity index (χ4v) is 4.60. The number of hydrazone groups is 1. The van der Waals surface area contributed by atoms with Gasteiger partial charge in [0.1, 0.15) is 0 Å². The molecule has 0 bridgehead atoms. The van der Waals surface area contributed by atoms with Crippen molar-refractivity contribution in [1.82, 2.24) is 9.73 Å². The maximum absolute atomic E-state index is 13.2. The number of nitrogens with one attached hydrogen (secondary N) is 1. The first-order valence-electron chi connectivity index (χ1n) is 9.64. The molecule has 0 aliphatic heterocycles. The molecule has 0 aliphatic rings. The zero-order valence-electron chi connectivity index (χ0n) is 17.2. The van der Waals surface area contributed by atoms with E-state index >= 15 is 0 Å². The van der Waals surface area contributed by atoms with E-state index in [1.165, 1.54) is 18.3 Å². The predicted octanol–water partition coefficient (Wildman–Crippen LogP) is 4.64. The van der Waals surface area contributed by atoms with Crippen LogP contribution in [0.4, 0.5) is 0 Å². The molecule has 0 spiro atoms. The van der Waals surface area contributed by atoms with Gasteiger partial charge in [0, 0.05) is 12.1 Å². The summed E-state index contributed by atoms with van der Waals surface area (Å²) in [6.45, 7) is 1.50. The number of nitrogens with zero attached hydrogens (tertiary/aromatic N) is 2. The van der Waals surface area contributed by atoms with Crippen molar-refractivity contribution in [2.45, 2.75) is 18.4 Å². The van der Waals surface area contributed by atoms with Crippen molar-refractivity contribution in [3.8, 4) is 0 Å². The van der Waals surface area contributed by atoms with Gasteiger partial charge in [0.25, 0.3) is 5.91 Å². The van der Waals surface area contributed by atoms with Crippen molar-refractivity contribution in [2.75, 3.05) is 6.54 Å². The van der Waals surface area contributed by atoms with E-state index in [9.17, 15) is 13.2 Å². The molecule has 0 saturated carbocycles. The Morgan fingerprint density at radius 1 is 1.00 bits per heavy atom. The second-order valence-electron chi connectivity index (χ2n) is 7.01.